The molecule has 3 nitrogen and oxygen atoms in total. The van der Waals surface area contributed by atoms with E-state index in [2.05, 4.69) is 23.8 Å². The predicted octanol–water partition coefficient (Wildman–Crippen LogP) is 4.94. The van der Waals surface area contributed by atoms with E-state index in [0.29, 0.717) is 6.42 Å². The molecule has 22 heavy (non-hydrogen) atoms. The molecule has 0 aliphatic heterocycles. The SMILES string of the molecule is CCCCCCCC/C=C\CCCC[C@@H](O)/C=C\C(=O)OC. The summed E-state index contributed by atoms with van der Waals surface area (Å²) in [4.78, 5) is 10.9. The van der Waals surface area contributed by atoms with Crippen LogP contribution in [0.1, 0.15) is 77.6 Å². The van der Waals surface area contributed by atoms with Crippen LogP contribution in [0.5, 0.6) is 0 Å². The molecule has 0 saturated carbocycles. The van der Waals surface area contributed by atoms with E-state index in [1.165, 1.54) is 64.2 Å². The average Bonchev–Trinajstić information content (AvgIpc) is 2.53. The first-order valence-electron chi connectivity index (χ1n) is 8.80. The van der Waals surface area contributed by atoms with Crippen molar-refractivity contribution < 1.29 is 14.6 Å². The molecule has 0 amide bonds. The van der Waals surface area contributed by atoms with Crippen LogP contribution in [0.15, 0.2) is 24.3 Å². The highest BCUT2D eigenvalue weighted by Crippen LogP contribution is 2.09. The van der Waals surface area contributed by atoms with Crippen LogP contribution in [0.2, 0.25) is 0 Å². The lowest BCUT2D eigenvalue weighted by Gasteiger charge is -2.03. The van der Waals surface area contributed by atoms with Crippen LogP contribution < -0.4 is 0 Å². The van der Waals surface area contributed by atoms with Gasteiger partial charge < -0.3 is 9.84 Å². The Hall–Kier alpha value is -1.09. The highest BCUT2D eigenvalue weighted by Gasteiger charge is 2.00. The molecule has 0 saturated heterocycles. The number of esters is 1. The molecule has 0 radical (unpaired) electrons. The second-order valence-electron chi connectivity index (χ2n) is 5.76. The highest BCUT2D eigenvalue weighted by molar-refractivity contribution is 5.81. The quantitative estimate of drug-likeness (QED) is 0.214. The number of hydrogen-bond donors (Lipinski definition) is 1. The lowest BCUT2D eigenvalue weighted by molar-refractivity contribution is -0.134. The number of rotatable bonds is 14. The van der Waals surface area contributed by atoms with Gasteiger partial charge in [0.15, 0.2) is 0 Å². The van der Waals surface area contributed by atoms with Crippen LogP contribution in [0.25, 0.3) is 0 Å². The van der Waals surface area contributed by atoms with Gasteiger partial charge in [-0.05, 0) is 38.2 Å². The van der Waals surface area contributed by atoms with Gasteiger partial charge in [0.05, 0.1) is 13.2 Å². The Morgan fingerprint density at radius 3 is 2.23 bits per heavy atom. The molecule has 0 aliphatic carbocycles. The molecule has 0 bridgehead atoms. The monoisotopic (exact) mass is 310 g/mol. The zero-order valence-corrected chi connectivity index (χ0v) is 14.4. The Balaban J connectivity index is 3.36. The molecular weight excluding hydrogens is 276 g/mol. The Morgan fingerprint density at radius 2 is 1.59 bits per heavy atom. The van der Waals surface area contributed by atoms with Gasteiger partial charge in [0.1, 0.15) is 0 Å². The summed E-state index contributed by atoms with van der Waals surface area (Å²) in [6.07, 6.45) is 19.9. The van der Waals surface area contributed by atoms with Crippen molar-refractivity contribution in [2.45, 2.75) is 83.7 Å². The van der Waals surface area contributed by atoms with Gasteiger partial charge in [-0.15, -0.1) is 0 Å². The zero-order valence-electron chi connectivity index (χ0n) is 14.4. The van der Waals surface area contributed by atoms with Crippen LogP contribution in [-0.4, -0.2) is 24.3 Å². The maximum Gasteiger partial charge on any atom is 0.330 e. The van der Waals surface area contributed by atoms with E-state index in [1.807, 2.05) is 0 Å². The van der Waals surface area contributed by atoms with Crippen molar-refractivity contribution in [2.24, 2.45) is 0 Å². The lowest BCUT2D eigenvalue weighted by atomic mass is 10.1. The van der Waals surface area contributed by atoms with Crippen molar-refractivity contribution in [3.8, 4) is 0 Å². The Labute approximate surface area is 136 Å². The normalized spacial score (nSPS) is 13.0. The number of ether oxygens (including phenoxy) is 1. The molecule has 0 aromatic carbocycles. The second kappa shape index (κ2) is 16.3. The van der Waals surface area contributed by atoms with Crippen molar-refractivity contribution in [1.82, 2.24) is 0 Å². The maximum atomic E-state index is 10.9. The number of hydrogen-bond acceptors (Lipinski definition) is 3. The van der Waals surface area contributed by atoms with E-state index < -0.39 is 12.1 Å². The van der Waals surface area contributed by atoms with Gasteiger partial charge in [-0.25, -0.2) is 4.79 Å². The van der Waals surface area contributed by atoms with Crippen LogP contribution in [0.3, 0.4) is 0 Å². The number of carbonyl (C=O) groups excluding carboxylic acids is 1. The number of aliphatic hydroxyl groups excluding tert-OH is 1. The van der Waals surface area contributed by atoms with Crippen LogP contribution in [-0.2, 0) is 9.53 Å². The Kier molecular flexibility index (Phi) is 15.5. The summed E-state index contributed by atoms with van der Waals surface area (Å²) in [6, 6.07) is 0. The summed E-state index contributed by atoms with van der Waals surface area (Å²) in [7, 11) is 1.33. The fraction of sp³-hybridized carbons (Fsp3) is 0.737. The first kappa shape index (κ1) is 20.9. The van der Waals surface area contributed by atoms with Gasteiger partial charge >= 0.3 is 5.97 Å². The topological polar surface area (TPSA) is 46.5 Å². The van der Waals surface area contributed by atoms with Crippen LogP contribution in [0.4, 0.5) is 0 Å². The predicted molar refractivity (Wildman–Crippen MR) is 92.8 cm³/mol. The average molecular weight is 310 g/mol. The van der Waals surface area contributed by atoms with Crippen molar-refractivity contribution in [3.05, 3.63) is 24.3 Å². The minimum Gasteiger partial charge on any atom is -0.466 e. The number of carbonyl (C=O) groups is 1. The third-order valence-electron chi connectivity index (χ3n) is 3.67. The molecular formula is C19H34O3. The van der Waals surface area contributed by atoms with E-state index in [4.69, 9.17) is 0 Å². The molecule has 0 fully saturated rings. The molecule has 0 heterocycles. The fourth-order valence-electron chi connectivity index (χ4n) is 2.25. The number of aliphatic hydroxyl groups is 1. The molecule has 0 aromatic heterocycles. The molecule has 0 unspecified atom stereocenters. The Bertz CT molecular complexity index is 308. The maximum absolute atomic E-state index is 10.9. The van der Waals surface area contributed by atoms with Gasteiger partial charge in [-0.2, -0.15) is 0 Å². The van der Waals surface area contributed by atoms with Crippen LogP contribution in [0, 0.1) is 0 Å². The van der Waals surface area contributed by atoms with E-state index in [0.717, 1.165) is 19.3 Å². The third-order valence-corrected chi connectivity index (χ3v) is 3.67. The molecule has 0 rings (SSSR count). The van der Waals surface area contributed by atoms with Crippen LogP contribution >= 0.6 is 0 Å². The molecule has 1 N–H and O–H groups in total. The minimum absolute atomic E-state index is 0.420. The summed E-state index contributed by atoms with van der Waals surface area (Å²) < 4.78 is 4.47. The van der Waals surface area contributed by atoms with Gasteiger partial charge in [0, 0.05) is 6.08 Å². The minimum atomic E-state index is -0.550. The van der Waals surface area contributed by atoms with Crippen molar-refractivity contribution in [2.75, 3.05) is 7.11 Å². The molecule has 0 spiro atoms. The molecule has 128 valence electrons. The van der Waals surface area contributed by atoms with E-state index in [1.54, 1.807) is 0 Å². The summed E-state index contributed by atoms with van der Waals surface area (Å²) >= 11 is 0. The largest absolute Gasteiger partial charge is 0.466 e. The third kappa shape index (κ3) is 15.3. The smallest absolute Gasteiger partial charge is 0.330 e. The standard InChI is InChI=1S/C19H34O3/c1-3-4-5-6-7-8-9-10-11-12-13-14-15-18(20)16-17-19(21)22-2/h10-11,16-18,20H,3-9,12-15H2,1-2H3/b11-10-,17-16-/t18-/m1/s1. The number of unbranched alkanes of at least 4 members (excludes halogenated alkanes) is 8. The molecule has 1 atom stereocenters. The summed E-state index contributed by atoms with van der Waals surface area (Å²) in [5, 5.41) is 9.64. The van der Waals surface area contributed by atoms with Crippen molar-refractivity contribution in [3.63, 3.8) is 0 Å². The highest BCUT2D eigenvalue weighted by atomic mass is 16.5. The van der Waals surface area contributed by atoms with Crippen molar-refractivity contribution >= 4 is 5.97 Å². The van der Waals surface area contributed by atoms with E-state index >= 15 is 0 Å². The summed E-state index contributed by atoms with van der Waals surface area (Å²) in [5.74, 6) is -0.420. The molecule has 0 aromatic rings. The molecule has 0 aliphatic rings. The second-order valence-corrected chi connectivity index (χ2v) is 5.76. The van der Waals surface area contributed by atoms with E-state index in [-0.39, 0.29) is 0 Å². The number of methoxy groups -OCH3 is 1. The van der Waals surface area contributed by atoms with Gasteiger partial charge in [-0.3, -0.25) is 0 Å². The lowest BCUT2D eigenvalue weighted by Crippen LogP contribution is -2.04. The first-order valence-corrected chi connectivity index (χ1v) is 8.80. The molecule has 3 heteroatoms. The number of allylic oxidation sites excluding steroid dienone is 2. The van der Waals surface area contributed by atoms with Gasteiger partial charge in [0.25, 0.3) is 0 Å². The van der Waals surface area contributed by atoms with Gasteiger partial charge in [0.2, 0.25) is 0 Å². The first-order chi connectivity index (χ1) is 10.7. The Morgan fingerprint density at radius 1 is 1.00 bits per heavy atom. The summed E-state index contributed by atoms with van der Waals surface area (Å²) in [5.41, 5.74) is 0. The zero-order chi connectivity index (χ0) is 16.5. The fourth-order valence-corrected chi connectivity index (χ4v) is 2.25. The van der Waals surface area contributed by atoms with Gasteiger partial charge in [-0.1, -0.05) is 57.6 Å². The van der Waals surface area contributed by atoms with Crippen molar-refractivity contribution in [1.29, 1.82) is 0 Å². The van der Waals surface area contributed by atoms with E-state index in [9.17, 15) is 9.90 Å². The summed E-state index contributed by atoms with van der Waals surface area (Å²) in [6.45, 7) is 2.25.